The first-order chi connectivity index (χ1) is 13.5. The molecule has 0 fully saturated rings. The molecular formula is C17H11N7O4. The molecule has 0 aliphatic carbocycles. The molecule has 0 radical (unpaired) electrons. The van der Waals surface area contributed by atoms with Crippen molar-refractivity contribution in [3.8, 4) is 5.82 Å². The van der Waals surface area contributed by atoms with Crippen LogP contribution in [-0.2, 0) is 0 Å². The van der Waals surface area contributed by atoms with Crippen LogP contribution in [0.15, 0.2) is 61.2 Å². The largest absolute Gasteiger partial charge is 0.354 e. The predicted molar refractivity (Wildman–Crippen MR) is 99.7 cm³/mol. The van der Waals surface area contributed by atoms with Crippen LogP contribution in [0, 0.1) is 20.2 Å². The number of aromatic nitrogens is 4. The van der Waals surface area contributed by atoms with Crippen LogP contribution < -0.4 is 5.32 Å². The molecule has 2 aromatic heterocycles. The number of benzene rings is 2. The molecule has 2 aromatic carbocycles. The van der Waals surface area contributed by atoms with E-state index < -0.39 is 9.85 Å². The Bertz CT molecular complexity index is 1220. The van der Waals surface area contributed by atoms with E-state index in [-0.39, 0.29) is 28.7 Å². The van der Waals surface area contributed by atoms with Crippen LogP contribution in [0.5, 0.6) is 0 Å². The molecule has 4 aromatic rings. The zero-order valence-corrected chi connectivity index (χ0v) is 14.1. The van der Waals surface area contributed by atoms with Crippen LogP contribution in [0.4, 0.5) is 22.9 Å². The maximum absolute atomic E-state index is 11.8. The second-order valence-corrected chi connectivity index (χ2v) is 5.69. The third-order valence-corrected chi connectivity index (χ3v) is 3.99. The second kappa shape index (κ2) is 6.72. The molecule has 0 bridgehead atoms. The third kappa shape index (κ3) is 2.96. The first-order valence-electron chi connectivity index (χ1n) is 7.98. The highest BCUT2D eigenvalue weighted by Gasteiger charge is 2.25. The van der Waals surface area contributed by atoms with Crippen molar-refractivity contribution < 1.29 is 9.85 Å². The van der Waals surface area contributed by atoms with Gasteiger partial charge in [-0.1, -0.05) is 18.2 Å². The zero-order valence-electron chi connectivity index (χ0n) is 14.1. The van der Waals surface area contributed by atoms with Gasteiger partial charge in [-0.15, -0.1) is 0 Å². The predicted octanol–water partition coefficient (Wildman–Crippen LogP) is 3.38. The van der Waals surface area contributed by atoms with Gasteiger partial charge in [-0.25, -0.2) is 15.0 Å². The summed E-state index contributed by atoms with van der Waals surface area (Å²) in [5.74, 6) is -0.0603. The smallest absolute Gasteiger partial charge is 0.334 e. The van der Waals surface area contributed by atoms with Gasteiger partial charge in [0.2, 0.25) is 11.6 Å². The van der Waals surface area contributed by atoms with Crippen molar-refractivity contribution in [3.05, 3.63) is 81.4 Å². The number of rotatable bonds is 5. The van der Waals surface area contributed by atoms with Crippen molar-refractivity contribution in [2.75, 3.05) is 5.32 Å². The summed E-state index contributed by atoms with van der Waals surface area (Å²) in [6, 6.07) is 12.7. The number of nitro benzene ring substituents is 1. The van der Waals surface area contributed by atoms with E-state index in [0.29, 0.717) is 11.0 Å². The standard InChI is InChI=1S/C17H11N7O4/c25-23(26)12-5-3-4-11(8-12)21-16-15(24(27)28)17(19-9-18-16)22-10-20-13-6-1-2-7-14(13)22/h1-10H,(H,18,19,21). The molecule has 0 saturated carbocycles. The number of hydrogen-bond donors (Lipinski definition) is 1. The van der Waals surface area contributed by atoms with Crippen molar-refractivity contribution in [1.82, 2.24) is 19.5 Å². The molecule has 2 heterocycles. The summed E-state index contributed by atoms with van der Waals surface area (Å²) in [4.78, 5) is 33.8. The Morgan fingerprint density at radius 3 is 2.54 bits per heavy atom. The lowest BCUT2D eigenvalue weighted by Crippen LogP contribution is -2.07. The van der Waals surface area contributed by atoms with Crippen molar-refractivity contribution in [2.24, 2.45) is 0 Å². The van der Waals surface area contributed by atoms with Gasteiger partial charge in [0, 0.05) is 17.8 Å². The second-order valence-electron chi connectivity index (χ2n) is 5.69. The van der Waals surface area contributed by atoms with E-state index in [1.807, 2.05) is 6.07 Å². The zero-order chi connectivity index (χ0) is 19.7. The lowest BCUT2D eigenvalue weighted by atomic mass is 10.2. The third-order valence-electron chi connectivity index (χ3n) is 3.99. The van der Waals surface area contributed by atoms with E-state index >= 15 is 0 Å². The van der Waals surface area contributed by atoms with E-state index in [4.69, 9.17) is 0 Å². The number of non-ortho nitro benzene ring substituents is 1. The maximum atomic E-state index is 11.8. The van der Waals surface area contributed by atoms with Gasteiger partial charge in [-0.05, 0) is 18.2 Å². The minimum atomic E-state index is -0.607. The fourth-order valence-corrected chi connectivity index (χ4v) is 2.77. The summed E-state index contributed by atoms with van der Waals surface area (Å²) in [5, 5.41) is 25.5. The molecule has 11 heteroatoms. The minimum Gasteiger partial charge on any atom is -0.334 e. The summed E-state index contributed by atoms with van der Waals surface area (Å²) in [6.07, 6.45) is 2.62. The Morgan fingerprint density at radius 2 is 1.75 bits per heavy atom. The van der Waals surface area contributed by atoms with Crippen LogP contribution in [0.2, 0.25) is 0 Å². The number of anilines is 2. The summed E-state index contributed by atoms with van der Waals surface area (Å²) in [6.45, 7) is 0. The van der Waals surface area contributed by atoms with Gasteiger partial charge in [-0.3, -0.25) is 24.8 Å². The van der Waals surface area contributed by atoms with Gasteiger partial charge in [0.15, 0.2) is 0 Å². The monoisotopic (exact) mass is 377 g/mol. The number of imidazole rings is 1. The lowest BCUT2D eigenvalue weighted by molar-refractivity contribution is -0.384. The number of hydrogen-bond acceptors (Lipinski definition) is 8. The van der Waals surface area contributed by atoms with Crippen LogP contribution >= 0.6 is 0 Å². The van der Waals surface area contributed by atoms with E-state index in [1.165, 1.54) is 35.4 Å². The highest BCUT2D eigenvalue weighted by molar-refractivity contribution is 5.79. The first-order valence-corrected chi connectivity index (χ1v) is 7.98. The van der Waals surface area contributed by atoms with Crippen molar-refractivity contribution >= 4 is 33.9 Å². The Hall–Kier alpha value is -4.41. The summed E-state index contributed by atoms with van der Waals surface area (Å²) in [7, 11) is 0. The molecule has 0 atom stereocenters. The van der Waals surface area contributed by atoms with Crippen molar-refractivity contribution in [2.45, 2.75) is 0 Å². The van der Waals surface area contributed by atoms with E-state index in [2.05, 4.69) is 20.3 Å². The molecule has 4 rings (SSSR count). The van der Waals surface area contributed by atoms with Gasteiger partial charge >= 0.3 is 5.69 Å². The van der Waals surface area contributed by atoms with Crippen LogP contribution in [0.3, 0.4) is 0 Å². The van der Waals surface area contributed by atoms with Gasteiger partial charge in [0.05, 0.1) is 20.9 Å². The fraction of sp³-hybridized carbons (Fsp3) is 0. The molecule has 1 N–H and O–H groups in total. The molecule has 138 valence electrons. The Labute approximate surface area is 156 Å². The summed E-state index contributed by atoms with van der Waals surface area (Å²) < 4.78 is 1.49. The number of nitrogens with zero attached hydrogens (tertiary/aromatic N) is 6. The highest BCUT2D eigenvalue weighted by Crippen LogP contribution is 2.32. The number of nitrogens with one attached hydrogen (secondary N) is 1. The first kappa shape index (κ1) is 17.0. The van der Waals surface area contributed by atoms with E-state index in [0.717, 1.165) is 0 Å². The van der Waals surface area contributed by atoms with Crippen LogP contribution in [0.1, 0.15) is 0 Å². The van der Waals surface area contributed by atoms with Gasteiger partial charge in [0.25, 0.3) is 5.69 Å². The molecule has 0 amide bonds. The van der Waals surface area contributed by atoms with Crippen LogP contribution in [0.25, 0.3) is 16.9 Å². The quantitative estimate of drug-likeness (QED) is 0.412. The molecule has 11 nitrogen and oxygen atoms in total. The molecule has 0 aliphatic rings. The van der Waals surface area contributed by atoms with E-state index in [1.54, 1.807) is 24.3 Å². The Kier molecular flexibility index (Phi) is 4.09. The molecule has 28 heavy (non-hydrogen) atoms. The summed E-state index contributed by atoms with van der Waals surface area (Å²) in [5.41, 5.74) is 1.06. The molecular weight excluding hydrogens is 366 g/mol. The van der Waals surface area contributed by atoms with Gasteiger partial charge in [-0.2, -0.15) is 0 Å². The molecule has 0 aliphatic heterocycles. The number of para-hydroxylation sites is 2. The SMILES string of the molecule is O=[N+]([O-])c1cccc(Nc2ncnc(-n3cnc4ccccc43)c2[N+](=O)[O-])c1. The highest BCUT2D eigenvalue weighted by atomic mass is 16.6. The molecule has 0 unspecified atom stereocenters. The average Bonchev–Trinajstić information content (AvgIpc) is 3.12. The Balaban J connectivity index is 1.84. The lowest BCUT2D eigenvalue weighted by Gasteiger charge is -2.09. The van der Waals surface area contributed by atoms with Crippen molar-refractivity contribution in [1.29, 1.82) is 0 Å². The average molecular weight is 377 g/mol. The maximum Gasteiger partial charge on any atom is 0.354 e. The fourth-order valence-electron chi connectivity index (χ4n) is 2.77. The van der Waals surface area contributed by atoms with Crippen LogP contribution in [-0.4, -0.2) is 29.4 Å². The van der Waals surface area contributed by atoms with Gasteiger partial charge in [0.1, 0.15) is 12.7 Å². The van der Waals surface area contributed by atoms with Crippen molar-refractivity contribution in [3.63, 3.8) is 0 Å². The summed E-state index contributed by atoms with van der Waals surface area (Å²) >= 11 is 0. The molecule has 0 saturated heterocycles. The van der Waals surface area contributed by atoms with E-state index in [9.17, 15) is 20.2 Å². The Morgan fingerprint density at radius 1 is 0.929 bits per heavy atom. The number of fused-ring (bicyclic) bond motifs is 1. The minimum absolute atomic E-state index is 0.0293. The number of nitro groups is 2. The van der Waals surface area contributed by atoms with Gasteiger partial charge < -0.3 is 5.32 Å². The topological polar surface area (TPSA) is 142 Å². The molecule has 0 spiro atoms. The normalized spacial score (nSPS) is 10.7.